The number of hydrogen-bond acceptors (Lipinski definition) is 6. The van der Waals surface area contributed by atoms with Crippen molar-refractivity contribution in [1.82, 2.24) is 29.2 Å². The normalized spacial score (nSPS) is 19.7. The lowest BCUT2D eigenvalue weighted by Crippen LogP contribution is -2.41. The number of nitrogens with zero attached hydrogens (tertiary/aromatic N) is 6. The molecule has 8 nitrogen and oxygen atoms in total. The number of aromatic nitrogens is 6. The van der Waals surface area contributed by atoms with Crippen molar-refractivity contribution in [3.8, 4) is 11.3 Å². The van der Waals surface area contributed by atoms with Gasteiger partial charge in [-0.2, -0.15) is 5.10 Å². The molecule has 0 radical (unpaired) electrons. The summed E-state index contributed by atoms with van der Waals surface area (Å²) in [5.74, 6) is 0.637. The van der Waals surface area contributed by atoms with E-state index in [9.17, 15) is 0 Å². The largest absolute Gasteiger partial charge is 0.378 e. The Hall–Kier alpha value is -3.00. The van der Waals surface area contributed by atoms with Crippen LogP contribution in [0.4, 0.5) is 5.95 Å². The smallest absolute Gasteiger partial charge is 0.241 e. The van der Waals surface area contributed by atoms with Crippen molar-refractivity contribution in [3.63, 3.8) is 0 Å². The van der Waals surface area contributed by atoms with Gasteiger partial charge in [0.2, 0.25) is 5.95 Å². The number of anilines is 1. The van der Waals surface area contributed by atoms with E-state index in [1.54, 1.807) is 10.7 Å². The first-order valence-corrected chi connectivity index (χ1v) is 8.83. The van der Waals surface area contributed by atoms with Gasteiger partial charge in [0.1, 0.15) is 0 Å². The van der Waals surface area contributed by atoms with Crippen LogP contribution in [0.25, 0.3) is 22.4 Å². The van der Waals surface area contributed by atoms with Gasteiger partial charge in [-0.25, -0.2) is 19.0 Å². The monoisotopic (exact) mass is 349 g/mol. The van der Waals surface area contributed by atoms with E-state index in [4.69, 9.17) is 4.74 Å². The summed E-state index contributed by atoms with van der Waals surface area (Å²) in [4.78, 5) is 8.71. The zero-order valence-electron chi connectivity index (χ0n) is 14.4. The quantitative estimate of drug-likeness (QED) is 0.596. The van der Waals surface area contributed by atoms with Crippen LogP contribution in [0, 0.1) is 0 Å². The van der Waals surface area contributed by atoms with Crippen LogP contribution in [0.3, 0.4) is 0 Å². The molecule has 132 valence electrons. The Morgan fingerprint density at radius 2 is 2.04 bits per heavy atom. The van der Waals surface area contributed by atoms with Gasteiger partial charge in [-0.05, 0) is 38.0 Å². The van der Waals surface area contributed by atoms with E-state index in [1.807, 2.05) is 48.2 Å². The summed E-state index contributed by atoms with van der Waals surface area (Å²) in [7, 11) is 0. The number of ether oxygens (including phenoxy) is 1. The predicted molar refractivity (Wildman–Crippen MR) is 97.0 cm³/mol. The fraction of sp³-hybridized carbons (Fsp3) is 0.333. The third-order valence-corrected chi connectivity index (χ3v) is 4.78. The van der Waals surface area contributed by atoms with Crippen molar-refractivity contribution in [2.24, 2.45) is 0 Å². The van der Waals surface area contributed by atoms with Gasteiger partial charge in [0.05, 0.1) is 23.5 Å². The van der Waals surface area contributed by atoms with Gasteiger partial charge in [-0.15, -0.1) is 5.10 Å². The Morgan fingerprint density at radius 1 is 1.12 bits per heavy atom. The molecule has 0 bridgehead atoms. The van der Waals surface area contributed by atoms with Crippen molar-refractivity contribution in [1.29, 1.82) is 0 Å². The van der Waals surface area contributed by atoms with E-state index in [-0.39, 0.29) is 0 Å². The maximum Gasteiger partial charge on any atom is 0.241 e. The van der Waals surface area contributed by atoms with Crippen LogP contribution in [0.5, 0.6) is 0 Å². The second kappa shape index (κ2) is 6.06. The maximum absolute atomic E-state index is 5.59. The molecule has 0 unspecified atom stereocenters. The molecule has 5 rings (SSSR count). The Kier molecular flexibility index (Phi) is 3.56. The Morgan fingerprint density at radius 3 is 2.92 bits per heavy atom. The molecule has 1 fully saturated rings. The van der Waals surface area contributed by atoms with Crippen LogP contribution in [-0.4, -0.2) is 47.9 Å². The summed E-state index contributed by atoms with van der Waals surface area (Å²) in [5.41, 5.74) is 3.60. The van der Waals surface area contributed by atoms with Crippen molar-refractivity contribution in [2.45, 2.75) is 31.9 Å². The molecule has 1 N–H and O–H groups in total. The first kappa shape index (κ1) is 15.3. The lowest BCUT2D eigenvalue weighted by Gasteiger charge is -2.35. The molecule has 1 aliphatic carbocycles. The van der Waals surface area contributed by atoms with Crippen molar-refractivity contribution < 1.29 is 4.74 Å². The average Bonchev–Trinajstić information content (AvgIpc) is 3.25. The first-order chi connectivity index (χ1) is 12.8. The van der Waals surface area contributed by atoms with Gasteiger partial charge >= 0.3 is 0 Å². The summed E-state index contributed by atoms with van der Waals surface area (Å²) >= 11 is 0. The number of hydrogen-bond donors (Lipinski definition) is 1. The minimum atomic E-state index is 0.364. The summed E-state index contributed by atoms with van der Waals surface area (Å²) in [5, 5.41) is 12.6. The molecule has 0 amide bonds. The molecule has 0 atom stereocenters. The third kappa shape index (κ3) is 2.59. The topological polar surface area (TPSA) is 81.6 Å². The molecule has 0 spiro atoms. The molecule has 0 aliphatic heterocycles. The standard InChI is InChI=1S/C18H19N7O/c1-2-26-13-9-12(10-13)21-18-20-11-16-14(5-7-24(16)23-18)15-3-4-17-19-6-8-25(17)22-15/h3-8,11-13H,2,9-10H2,1H3,(H,21,23). The first-order valence-electron chi connectivity index (χ1n) is 8.83. The minimum Gasteiger partial charge on any atom is -0.378 e. The lowest BCUT2D eigenvalue weighted by molar-refractivity contribution is 0.00283. The third-order valence-electron chi connectivity index (χ3n) is 4.78. The van der Waals surface area contributed by atoms with Crippen LogP contribution >= 0.6 is 0 Å². The van der Waals surface area contributed by atoms with E-state index in [1.165, 1.54) is 0 Å². The van der Waals surface area contributed by atoms with Gasteiger partial charge in [0, 0.05) is 36.8 Å². The predicted octanol–water partition coefficient (Wildman–Crippen LogP) is 2.42. The zero-order chi connectivity index (χ0) is 17.5. The Balaban J connectivity index is 1.39. The number of fused-ring (bicyclic) bond motifs is 2. The van der Waals surface area contributed by atoms with E-state index in [0.717, 1.165) is 41.9 Å². The molecule has 4 aromatic rings. The van der Waals surface area contributed by atoms with Crippen LogP contribution in [0.1, 0.15) is 19.8 Å². The lowest BCUT2D eigenvalue weighted by atomic mass is 9.89. The Bertz CT molecular complexity index is 1060. The molecular formula is C18H19N7O. The highest BCUT2D eigenvalue weighted by atomic mass is 16.5. The highest BCUT2D eigenvalue weighted by Gasteiger charge is 2.30. The van der Waals surface area contributed by atoms with Crippen LogP contribution < -0.4 is 5.32 Å². The molecule has 0 aromatic carbocycles. The fourth-order valence-electron chi connectivity index (χ4n) is 3.38. The van der Waals surface area contributed by atoms with Crippen molar-refractivity contribution in [2.75, 3.05) is 11.9 Å². The van der Waals surface area contributed by atoms with Gasteiger partial charge in [-0.3, -0.25) is 0 Å². The maximum atomic E-state index is 5.59. The number of imidazole rings is 1. The molecule has 1 aliphatic rings. The van der Waals surface area contributed by atoms with Crippen molar-refractivity contribution >= 4 is 17.1 Å². The Labute approximate surface area is 149 Å². The zero-order valence-corrected chi connectivity index (χ0v) is 14.4. The fourth-order valence-corrected chi connectivity index (χ4v) is 3.38. The highest BCUT2D eigenvalue weighted by molar-refractivity contribution is 5.78. The summed E-state index contributed by atoms with van der Waals surface area (Å²) in [6.07, 6.45) is 9.71. The van der Waals surface area contributed by atoms with E-state index >= 15 is 0 Å². The van der Waals surface area contributed by atoms with Gasteiger partial charge in [0.25, 0.3) is 0 Å². The summed E-state index contributed by atoms with van der Waals surface area (Å²) < 4.78 is 9.19. The second-order valence-electron chi connectivity index (χ2n) is 6.48. The van der Waals surface area contributed by atoms with Gasteiger partial charge < -0.3 is 10.1 Å². The van der Waals surface area contributed by atoms with Crippen LogP contribution in [0.2, 0.25) is 0 Å². The number of rotatable bonds is 5. The average molecular weight is 349 g/mol. The molecular weight excluding hydrogens is 330 g/mol. The van der Waals surface area contributed by atoms with E-state index in [2.05, 4.69) is 25.5 Å². The molecule has 1 saturated carbocycles. The molecule has 26 heavy (non-hydrogen) atoms. The van der Waals surface area contributed by atoms with E-state index < -0.39 is 0 Å². The van der Waals surface area contributed by atoms with Gasteiger partial charge in [0.15, 0.2) is 5.65 Å². The van der Waals surface area contributed by atoms with Gasteiger partial charge in [-0.1, -0.05) is 0 Å². The van der Waals surface area contributed by atoms with Crippen LogP contribution in [0.15, 0.2) is 43.0 Å². The summed E-state index contributed by atoms with van der Waals surface area (Å²) in [6, 6.07) is 6.30. The summed E-state index contributed by atoms with van der Waals surface area (Å²) in [6.45, 7) is 2.80. The molecule has 4 heterocycles. The SMILES string of the molecule is CCOC1CC(Nc2ncc3c(-c4ccc5nccn5n4)ccn3n2)C1. The van der Waals surface area contributed by atoms with Crippen LogP contribution in [-0.2, 0) is 4.74 Å². The molecule has 0 saturated heterocycles. The second-order valence-corrected chi connectivity index (χ2v) is 6.48. The minimum absolute atomic E-state index is 0.364. The van der Waals surface area contributed by atoms with Crippen molar-refractivity contribution in [3.05, 3.63) is 43.0 Å². The van der Waals surface area contributed by atoms with E-state index in [0.29, 0.717) is 18.1 Å². The number of nitrogens with one attached hydrogen (secondary N) is 1. The molecule has 4 aromatic heterocycles. The highest BCUT2D eigenvalue weighted by Crippen LogP contribution is 2.27. The molecule has 8 heteroatoms.